The van der Waals surface area contributed by atoms with Crippen LogP contribution in [0.4, 0.5) is 5.69 Å². The molecule has 9 heteroatoms. The van der Waals surface area contributed by atoms with E-state index in [2.05, 4.69) is 4.98 Å². The van der Waals surface area contributed by atoms with Crippen LogP contribution in [-0.2, 0) is 0 Å². The van der Waals surface area contributed by atoms with Gasteiger partial charge in [0.25, 0.3) is 5.69 Å². The number of thiazole rings is 1. The summed E-state index contributed by atoms with van der Waals surface area (Å²) < 4.78 is 11.1. The Hall–Kier alpha value is -4.89. The van der Waals surface area contributed by atoms with Crippen molar-refractivity contribution < 1.29 is 13.8 Å². The van der Waals surface area contributed by atoms with Crippen LogP contribution in [0.15, 0.2) is 103 Å². The maximum Gasteiger partial charge on any atom is 0.346 e. The number of rotatable bonds is 4. The minimum Gasteiger partial charge on any atom is -0.422 e. The molecule has 6 aromatic rings. The minimum atomic E-state index is -0.594. The van der Waals surface area contributed by atoms with Crippen molar-refractivity contribution in [2.24, 2.45) is 0 Å². The van der Waals surface area contributed by atoms with Crippen LogP contribution >= 0.6 is 11.3 Å². The molecule has 3 aromatic carbocycles. The second-order valence-electron chi connectivity index (χ2n) is 7.99. The minimum absolute atomic E-state index is 0.0528. The van der Waals surface area contributed by atoms with Crippen LogP contribution in [0.3, 0.4) is 0 Å². The second-order valence-corrected chi connectivity index (χ2v) is 8.85. The van der Waals surface area contributed by atoms with Crippen molar-refractivity contribution in [2.45, 2.75) is 0 Å². The van der Waals surface area contributed by atoms with E-state index in [0.29, 0.717) is 38.2 Å². The first kappa shape index (κ1) is 21.6. The summed E-state index contributed by atoms with van der Waals surface area (Å²) in [5.74, 6) is 0. The molecule has 0 saturated carbocycles. The van der Waals surface area contributed by atoms with Gasteiger partial charge in [0, 0.05) is 34.5 Å². The standard InChI is InChI=1S/C27H14N2O6S/c30-24-13-19(15-5-2-1-3-6-15)18-9-10-23-20(25(18)35-24)12-21(27(31)34-23)26-28-22(14-36-26)16-7-4-8-17(11-16)29(32)33/h1-14H. The van der Waals surface area contributed by atoms with Gasteiger partial charge in [-0.3, -0.25) is 10.1 Å². The highest BCUT2D eigenvalue weighted by atomic mass is 32.1. The lowest BCUT2D eigenvalue weighted by atomic mass is 10.0. The molecule has 0 radical (unpaired) electrons. The van der Waals surface area contributed by atoms with E-state index in [1.54, 1.807) is 35.7 Å². The van der Waals surface area contributed by atoms with E-state index in [-0.39, 0.29) is 16.8 Å². The Balaban J connectivity index is 1.53. The Bertz CT molecular complexity index is 1920. The van der Waals surface area contributed by atoms with Crippen molar-refractivity contribution >= 4 is 39.0 Å². The van der Waals surface area contributed by atoms with Crippen LogP contribution < -0.4 is 11.3 Å². The molecule has 0 atom stereocenters. The van der Waals surface area contributed by atoms with Crippen LogP contribution in [0.1, 0.15) is 0 Å². The molecule has 3 heterocycles. The quantitative estimate of drug-likeness (QED) is 0.123. The van der Waals surface area contributed by atoms with Gasteiger partial charge in [0.1, 0.15) is 16.2 Å². The molecule has 0 aliphatic rings. The fourth-order valence-electron chi connectivity index (χ4n) is 4.13. The molecule has 0 fully saturated rings. The third-order valence-electron chi connectivity index (χ3n) is 5.79. The van der Waals surface area contributed by atoms with Gasteiger partial charge in [-0.05, 0) is 29.3 Å². The van der Waals surface area contributed by atoms with Crippen LogP contribution in [0.25, 0.3) is 54.9 Å². The van der Waals surface area contributed by atoms with Gasteiger partial charge in [-0.25, -0.2) is 14.6 Å². The molecule has 174 valence electrons. The number of hydrogen-bond acceptors (Lipinski definition) is 8. The fraction of sp³-hybridized carbons (Fsp3) is 0. The maximum absolute atomic E-state index is 12.8. The molecular formula is C27H14N2O6S. The van der Waals surface area contributed by atoms with Crippen LogP contribution in [-0.4, -0.2) is 9.91 Å². The average molecular weight is 494 g/mol. The van der Waals surface area contributed by atoms with Crippen molar-refractivity contribution in [3.63, 3.8) is 0 Å². The number of hydrogen-bond donors (Lipinski definition) is 0. The largest absolute Gasteiger partial charge is 0.422 e. The van der Waals surface area contributed by atoms with E-state index < -0.39 is 16.2 Å². The van der Waals surface area contributed by atoms with E-state index in [1.807, 2.05) is 30.3 Å². The number of fused-ring (bicyclic) bond motifs is 3. The molecule has 0 bridgehead atoms. The zero-order chi connectivity index (χ0) is 24.8. The Kier molecular flexibility index (Phi) is 5.05. The first-order valence-electron chi connectivity index (χ1n) is 10.8. The van der Waals surface area contributed by atoms with Crippen molar-refractivity contribution in [3.05, 3.63) is 115 Å². The number of non-ortho nitro benzene ring substituents is 1. The van der Waals surface area contributed by atoms with Crippen molar-refractivity contribution in [1.29, 1.82) is 0 Å². The Morgan fingerprint density at radius 1 is 0.806 bits per heavy atom. The Labute approximate surface area is 205 Å². The molecule has 0 N–H and O–H groups in total. The zero-order valence-electron chi connectivity index (χ0n) is 18.3. The number of nitrogens with zero attached hydrogens (tertiary/aromatic N) is 2. The summed E-state index contributed by atoms with van der Waals surface area (Å²) in [5.41, 5.74) is 2.22. The highest BCUT2D eigenvalue weighted by Crippen LogP contribution is 2.34. The van der Waals surface area contributed by atoms with E-state index >= 15 is 0 Å². The third-order valence-corrected chi connectivity index (χ3v) is 6.67. The number of nitro benzene ring substituents is 1. The van der Waals surface area contributed by atoms with Gasteiger partial charge in [-0.2, -0.15) is 0 Å². The molecule has 0 saturated heterocycles. The summed E-state index contributed by atoms with van der Waals surface area (Å²) >= 11 is 1.21. The number of nitro groups is 1. The van der Waals surface area contributed by atoms with Gasteiger partial charge < -0.3 is 8.83 Å². The summed E-state index contributed by atoms with van der Waals surface area (Å²) in [4.78, 5) is 40.5. The number of benzene rings is 3. The number of aromatic nitrogens is 1. The topological polar surface area (TPSA) is 116 Å². The summed E-state index contributed by atoms with van der Waals surface area (Å²) in [6.45, 7) is 0. The molecule has 0 spiro atoms. The predicted octanol–water partition coefficient (Wildman–Crippen LogP) is 6.27. The smallest absolute Gasteiger partial charge is 0.346 e. The van der Waals surface area contributed by atoms with Crippen LogP contribution in [0.2, 0.25) is 0 Å². The van der Waals surface area contributed by atoms with Crippen molar-refractivity contribution in [2.75, 3.05) is 0 Å². The van der Waals surface area contributed by atoms with Gasteiger partial charge in [0.15, 0.2) is 0 Å². The SMILES string of the molecule is O=c1cc(-c2ccccc2)c2ccc3oc(=O)c(-c4nc(-c5cccc([N+](=O)[O-])c5)cs4)cc3c2o1. The first-order chi connectivity index (χ1) is 17.5. The highest BCUT2D eigenvalue weighted by molar-refractivity contribution is 7.13. The zero-order valence-corrected chi connectivity index (χ0v) is 19.2. The summed E-state index contributed by atoms with van der Waals surface area (Å²) in [6, 6.07) is 22.1. The molecule has 0 unspecified atom stereocenters. The molecular weight excluding hydrogens is 480 g/mol. The summed E-state index contributed by atoms with van der Waals surface area (Å²) in [6.07, 6.45) is 0. The van der Waals surface area contributed by atoms with Gasteiger partial charge in [-0.1, -0.05) is 42.5 Å². The average Bonchev–Trinajstić information content (AvgIpc) is 3.38. The van der Waals surface area contributed by atoms with Gasteiger partial charge in [0.05, 0.1) is 21.6 Å². The molecule has 3 aromatic heterocycles. The lowest BCUT2D eigenvalue weighted by Crippen LogP contribution is -2.04. The fourth-order valence-corrected chi connectivity index (χ4v) is 4.96. The lowest BCUT2D eigenvalue weighted by molar-refractivity contribution is -0.384. The van der Waals surface area contributed by atoms with E-state index in [4.69, 9.17) is 8.83 Å². The third kappa shape index (κ3) is 3.68. The molecule has 0 aliphatic heterocycles. The van der Waals surface area contributed by atoms with E-state index in [9.17, 15) is 19.7 Å². The highest BCUT2D eigenvalue weighted by Gasteiger charge is 2.18. The molecule has 8 nitrogen and oxygen atoms in total. The predicted molar refractivity (Wildman–Crippen MR) is 137 cm³/mol. The summed E-state index contributed by atoms with van der Waals surface area (Å²) in [7, 11) is 0. The molecule has 6 rings (SSSR count). The van der Waals surface area contributed by atoms with Gasteiger partial charge >= 0.3 is 11.3 Å². The second kappa shape index (κ2) is 8.40. The van der Waals surface area contributed by atoms with Crippen molar-refractivity contribution in [1.82, 2.24) is 4.98 Å². The van der Waals surface area contributed by atoms with Crippen LogP contribution in [0, 0.1) is 10.1 Å². The first-order valence-corrected chi connectivity index (χ1v) is 11.7. The van der Waals surface area contributed by atoms with E-state index in [1.165, 1.54) is 29.5 Å². The Morgan fingerprint density at radius 3 is 2.42 bits per heavy atom. The monoisotopic (exact) mass is 494 g/mol. The lowest BCUT2D eigenvalue weighted by Gasteiger charge is -2.08. The van der Waals surface area contributed by atoms with E-state index in [0.717, 1.165) is 5.56 Å². The van der Waals surface area contributed by atoms with Gasteiger partial charge in [0.2, 0.25) is 0 Å². The normalized spacial score (nSPS) is 11.2. The van der Waals surface area contributed by atoms with Crippen LogP contribution in [0.5, 0.6) is 0 Å². The molecule has 36 heavy (non-hydrogen) atoms. The van der Waals surface area contributed by atoms with Gasteiger partial charge in [-0.15, -0.1) is 11.3 Å². The Morgan fingerprint density at radius 2 is 1.61 bits per heavy atom. The summed E-state index contributed by atoms with van der Waals surface area (Å²) in [5, 5.41) is 14.4. The molecule has 0 amide bonds. The molecule has 0 aliphatic carbocycles. The van der Waals surface area contributed by atoms with Crippen molar-refractivity contribution in [3.8, 4) is 33.0 Å². The maximum atomic E-state index is 12.8.